The minimum atomic E-state index is -0.657. The van der Waals surface area contributed by atoms with Gasteiger partial charge in [-0.25, -0.2) is 4.68 Å². The van der Waals surface area contributed by atoms with Crippen LogP contribution in [0, 0.1) is 0 Å². The van der Waals surface area contributed by atoms with Crippen LogP contribution in [-0.4, -0.2) is 48.6 Å². The zero-order valence-electron chi connectivity index (χ0n) is 23.0. The van der Waals surface area contributed by atoms with E-state index in [4.69, 9.17) is 29.0 Å². The van der Waals surface area contributed by atoms with Crippen LogP contribution in [0.1, 0.15) is 25.5 Å². The van der Waals surface area contributed by atoms with Crippen LogP contribution in [0.5, 0.6) is 23.0 Å². The van der Waals surface area contributed by atoms with Gasteiger partial charge in [-0.05, 0) is 62.4 Å². The molecule has 0 aliphatic carbocycles. The Balaban J connectivity index is 1.61. The topological polar surface area (TPSA) is 109 Å². The first-order valence-electron chi connectivity index (χ1n) is 12.8. The van der Waals surface area contributed by atoms with Crippen LogP contribution < -0.4 is 29.6 Å². The number of carbonyl (C=O) groups excluding carboxylic acids is 1. The fourth-order valence-electron chi connectivity index (χ4n) is 4.70. The molecular weight excluding hydrogens is 510 g/mol. The fourth-order valence-corrected chi connectivity index (χ4v) is 4.70. The number of benzene rings is 3. The minimum absolute atomic E-state index is 0.318. The van der Waals surface area contributed by atoms with E-state index in [-0.39, 0.29) is 5.91 Å². The third-order valence-electron chi connectivity index (χ3n) is 6.61. The van der Waals surface area contributed by atoms with Gasteiger partial charge in [0.2, 0.25) is 5.95 Å². The molecule has 0 saturated carbocycles. The molecule has 0 bridgehead atoms. The Morgan fingerprint density at radius 3 is 2.38 bits per heavy atom. The molecule has 1 aliphatic rings. The average Bonchev–Trinajstić information content (AvgIpc) is 3.40. The van der Waals surface area contributed by atoms with E-state index < -0.39 is 6.04 Å². The lowest BCUT2D eigenvalue weighted by Crippen LogP contribution is -2.31. The predicted octanol–water partition coefficient (Wildman–Crippen LogP) is 5.30. The molecule has 40 heavy (non-hydrogen) atoms. The lowest BCUT2D eigenvalue weighted by molar-refractivity contribution is -0.113. The number of rotatable bonds is 9. The van der Waals surface area contributed by atoms with Crippen molar-refractivity contribution in [3.05, 3.63) is 83.6 Å². The van der Waals surface area contributed by atoms with Crippen LogP contribution in [0.4, 0.5) is 11.6 Å². The molecule has 206 valence electrons. The summed E-state index contributed by atoms with van der Waals surface area (Å²) in [6, 6.07) is 19.7. The Morgan fingerprint density at radius 2 is 1.68 bits per heavy atom. The van der Waals surface area contributed by atoms with Crippen molar-refractivity contribution in [2.45, 2.75) is 19.9 Å². The number of nitrogens with one attached hydrogen (secondary N) is 2. The third-order valence-corrected chi connectivity index (χ3v) is 6.61. The van der Waals surface area contributed by atoms with Crippen molar-refractivity contribution < 1.29 is 23.7 Å². The van der Waals surface area contributed by atoms with Gasteiger partial charge in [-0.15, -0.1) is 5.10 Å². The van der Waals surface area contributed by atoms with E-state index in [1.54, 1.807) is 44.2 Å². The molecule has 2 N–H and O–H groups in total. The molecular formula is C30H31N5O5. The smallest absolute Gasteiger partial charge is 0.255 e. The number of hydrogen-bond acceptors (Lipinski definition) is 8. The van der Waals surface area contributed by atoms with E-state index in [0.717, 1.165) is 16.9 Å². The van der Waals surface area contributed by atoms with Crippen molar-refractivity contribution in [3.8, 4) is 34.4 Å². The van der Waals surface area contributed by atoms with E-state index in [0.29, 0.717) is 52.6 Å². The van der Waals surface area contributed by atoms with E-state index in [9.17, 15) is 4.79 Å². The SMILES string of the molecule is CCOc1ccc(-c2nc3n(n2)C(c2ccc(OC)cc2OC)C(C(=O)Nc2ccccc2OC)=C(C)N3)cc1. The number of para-hydroxylation sites is 2. The number of carbonyl (C=O) groups is 1. The first-order chi connectivity index (χ1) is 19.5. The molecule has 3 aromatic carbocycles. The predicted molar refractivity (Wildman–Crippen MR) is 152 cm³/mol. The van der Waals surface area contributed by atoms with Gasteiger partial charge in [0.15, 0.2) is 5.82 Å². The summed E-state index contributed by atoms with van der Waals surface area (Å²) in [5.41, 5.74) is 3.16. The molecule has 0 spiro atoms. The number of hydrogen-bond donors (Lipinski definition) is 2. The van der Waals surface area contributed by atoms with Gasteiger partial charge in [0.1, 0.15) is 29.0 Å². The highest BCUT2D eigenvalue weighted by atomic mass is 16.5. The highest BCUT2D eigenvalue weighted by molar-refractivity contribution is 6.06. The van der Waals surface area contributed by atoms with Crippen molar-refractivity contribution >= 4 is 17.5 Å². The van der Waals surface area contributed by atoms with Crippen molar-refractivity contribution in [1.82, 2.24) is 14.8 Å². The Hall–Kier alpha value is -4.99. The lowest BCUT2D eigenvalue weighted by atomic mass is 9.94. The Bertz CT molecular complexity index is 1560. The van der Waals surface area contributed by atoms with Gasteiger partial charge < -0.3 is 29.6 Å². The number of nitrogens with zero attached hydrogens (tertiary/aromatic N) is 3. The monoisotopic (exact) mass is 541 g/mol. The second-order valence-corrected chi connectivity index (χ2v) is 8.99. The highest BCUT2D eigenvalue weighted by Gasteiger charge is 2.36. The number of fused-ring (bicyclic) bond motifs is 1. The molecule has 1 amide bonds. The van der Waals surface area contributed by atoms with E-state index in [2.05, 4.69) is 10.6 Å². The molecule has 10 heteroatoms. The van der Waals surface area contributed by atoms with Gasteiger partial charge in [-0.1, -0.05) is 12.1 Å². The molecule has 2 heterocycles. The lowest BCUT2D eigenvalue weighted by Gasteiger charge is -2.29. The number of anilines is 2. The molecule has 1 aliphatic heterocycles. The Labute approximate surface area is 232 Å². The fraction of sp³-hybridized carbons (Fsp3) is 0.233. The van der Waals surface area contributed by atoms with E-state index >= 15 is 0 Å². The zero-order chi connectivity index (χ0) is 28.2. The van der Waals surface area contributed by atoms with Crippen LogP contribution in [0.25, 0.3) is 11.4 Å². The van der Waals surface area contributed by atoms with Gasteiger partial charge in [0, 0.05) is 22.9 Å². The molecule has 1 atom stereocenters. The summed E-state index contributed by atoms with van der Waals surface area (Å²) < 4.78 is 23.9. The summed E-state index contributed by atoms with van der Waals surface area (Å²) in [5, 5.41) is 11.1. The maximum absolute atomic E-state index is 13.9. The molecule has 0 fully saturated rings. The standard InChI is InChI=1S/C30H31N5O5/c1-6-40-20-13-11-19(12-14-20)28-33-30-31-18(2)26(29(36)32-23-9-7-8-10-24(23)38-4)27(35(30)34-28)22-16-15-21(37-3)17-25(22)39-5/h7-17,27H,6H2,1-5H3,(H,32,36)(H,31,33,34). The first-order valence-corrected chi connectivity index (χ1v) is 12.8. The summed E-state index contributed by atoms with van der Waals surface area (Å²) in [5.74, 6) is 3.17. The Morgan fingerprint density at radius 1 is 0.950 bits per heavy atom. The molecule has 10 nitrogen and oxygen atoms in total. The van der Waals surface area contributed by atoms with Crippen molar-refractivity contribution in [1.29, 1.82) is 0 Å². The summed E-state index contributed by atoms with van der Waals surface area (Å²) in [4.78, 5) is 18.7. The second kappa shape index (κ2) is 11.4. The first kappa shape index (κ1) is 26.6. The number of amides is 1. The number of ether oxygens (including phenoxy) is 4. The number of aromatic nitrogens is 3. The summed E-state index contributed by atoms with van der Waals surface area (Å²) >= 11 is 0. The van der Waals surface area contributed by atoms with Gasteiger partial charge >= 0.3 is 0 Å². The summed E-state index contributed by atoms with van der Waals surface area (Å²) in [6.07, 6.45) is 0. The minimum Gasteiger partial charge on any atom is -0.497 e. The second-order valence-electron chi connectivity index (χ2n) is 8.99. The quantitative estimate of drug-likeness (QED) is 0.294. The van der Waals surface area contributed by atoms with Crippen LogP contribution >= 0.6 is 0 Å². The average molecular weight is 542 g/mol. The molecule has 5 rings (SSSR count). The normalized spacial score (nSPS) is 14.2. The third kappa shape index (κ3) is 5.03. The highest BCUT2D eigenvalue weighted by Crippen LogP contribution is 2.41. The van der Waals surface area contributed by atoms with Gasteiger partial charge in [0.25, 0.3) is 5.91 Å². The summed E-state index contributed by atoms with van der Waals surface area (Å²) in [7, 11) is 4.73. The van der Waals surface area contributed by atoms with Crippen LogP contribution in [-0.2, 0) is 4.79 Å². The summed E-state index contributed by atoms with van der Waals surface area (Å²) in [6.45, 7) is 4.36. The Kier molecular flexibility index (Phi) is 7.59. The molecule has 0 saturated heterocycles. The molecule has 0 radical (unpaired) electrons. The molecule has 1 aromatic heterocycles. The van der Waals surface area contributed by atoms with Crippen LogP contribution in [0.3, 0.4) is 0 Å². The van der Waals surface area contributed by atoms with Gasteiger partial charge in [-0.3, -0.25) is 4.79 Å². The van der Waals surface area contributed by atoms with E-state index in [1.165, 1.54) is 0 Å². The maximum atomic E-state index is 13.9. The molecule has 4 aromatic rings. The zero-order valence-corrected chi connectivity index (χ0v) is 23.0. The number of allylic oxidation sites excluding steroid dienone is 1. The molecule has 1 unspecified atom stereocenters. The van der Waals surface area contributed by atoms with Gasteiger partial charge in [-0.2, -0.15) is 4.98 Å². The maximum Gasteiger partial charge on any atom is 0.255 e. The van der Waals surface area contributed by atoms with Crippen molar-refractivity contribution in [2.24, 2.45) is 0 Å². The largest absolute Gasteiger partial charge is 0.497 e. The van der Waals surface area contributed by atoms with Crippen molar-refractivity contribution in [2.75, 3.05) is 38.6 Å². The van der Waals surface area contributed by atoms with E-state index in [1.807, 2.05) is 62.4 Å². The van der Waals surface area contributed by atoms with Crippen LogP contribution in [0.15, 0.2) is 78.0 Å². The van der Waals surface area contributed by atoms with Gasteiger partial charge in [0.05, 0.1) is 39.2 Å². The number of methoxy groups -OCH3 is 3. The van der Waals surface area contributed by atoms with Crippen LogP contribution in [0.2, 0.25) is 0 Å². The van der Waals surface area contributed by atoms with Crippen molar-refractivity contribution in [3.63, 3.8) is 0 Å².